The van der Waals surface area contributed by atoms with Gasteiger partial charge in [0.15, 0.2) is 11.9 Å². The summed E-state index contributed by atoms with van der Waals surface area (Å²) in [5, 5.41) is 0. The van der Waals surface area contributed by atoms with Gasteiger partial charge in [0.2, 0.25) is 0 Å². The molecule has 0 aromatic heterocycles. The van der Waals surface area contributed by atoms with Gasteiger partial charge < -0.3 is 9.47 Å². The number of carbonyl (C=O) groups excluding carboxylic acids is 1. The zero-order valence-corrected chi connectivity index (χ0v) is 8.74. The summed E-state index contributed by atoms with van der Waals surface area (Å²) in [5.74, 6) is 0.428. The summed E-state index contributed by atoms with van der Waals surface area (Å²) in [7, 11) is 1.38. The van der Waals surface area contributed by atoms with Crippen LogP contribution in [0.5, 0.6) is 0 Å². The highest BCUT2D eigenvalue weighted by Crippen LogP contribution is 2.48. The highest BCUT2D eigenvalue weighted by Gasteiger charge is 2.49. The van der Waals surface area contributed by atoms with Crippen molar-refractivity contribution < 1.29 is 14.3 Å². The molecule has 2 unspecified atom stereocenters. The van der Waals surface area contributed by atoms with Crippen molar-refractivity contribution in [2.75, 3.05) is 7.11 Å². The summed E-state index contributed by atoms with van der Waals surface area (Å²) in [4.78, 5) is 15.6. The second-order valence-corrected chi connectivity index (χ2v) is 4.29. The summed E-state index contributed by atoms with van der Waals surface area (Å²) < 4.78 is 10.2. The Labute approximate surface area is 83.3 Å². The molecule has 0 radical (unpaired) electrons. The van der Waals surface area contributed by atoms with E-state index >= 15 is 0 Å². The monoisotopic (exact) mass is 197 g/mol. The number of nitrogens with zero attached hydrogens (tertiary/aromatic N) is 1. The van der Waals surface area contributed by atoms with Crippen LogP contribution in [-0.4, -0.2) is 31.1 Å². The van der Waals surface area contributed by atoms with Gasteiger partial charge in [-0.1, -0.05) is 6.92 Å². The lowest BCUT2D eigenvalue weighted by molar-refractivity contribution is -0.143. The Balaban J connectivity index is 2.13. The number of carbonyl (C=O) groups is 1. The van der Waals surface area contributed by atoms with Gasteiger partial charge in [-0.25, -0.2) is 9.79 Å². The molecule has 1 saturated carbocycles. The third kappa shape index (κ3) is 1.38. The fourth-order valence-electron chi connectivity index (χ4n) is 1.57. The van der Waals surface area contributed by atoms with Gasteiger partial charge in [-0.05, 0) is 19.8 Å². The van der Waals surface area contributed by atoms with Crippen LogP contribution in [0.25, 0.3) is 0 Å². The average Bonchev–Trinajstić information content (AvgIpc) is 2.78. The van der Waals surface area contributed by atoms with Gasteiger partial charge in [-0.3, -0.25) is 0 Å². The van der Waals surface area contributed by atoms with E-state index in [1.54, 1.807) is 0 Å². The van der Waals surface area contributed by atoms with Gasteiger partial charge >= 0.3 is 5.97 Å². The normalized spacial score (nSPS) is 33.2. The van der Waals surface area contributed by atoms with Gasteiger partial charge in [-0.15, -0.1) is 0 Å². The van der Waals surface area contributed by atoms with Crippen molar-refractivity contribution in [2.24, 2.45) is 10.4 Å². The molecule has 0 spiro atoms. The van der Waals surface area contributed by atoms with E-state index in [-0.39, 0.29) is 17.5 Å². The second kappa shape index (κ2) is 2.97. The molecular formula is C10H15NO3. The molecule has 1 aliphatic heterocycles. The standard InChI is InChI=1S/C10H15NO3/c1-6-7(8(12)13-3)11-9(14-6)10(2)4-5-10/h6-7H,4-5H2,1-3H3. The molecule has 2 rings (SSSR count). The fourth-order valence-corrected chi connectivity index (χ4v) is 1.57. The fraction of sp³-hybridized carbons (Fsp3) is 0.800. The molecule has 0 aromatic rings. The maximum absolute atomic E-state index is 11.3. The van der Waals surface area contributed by atoms with Crippen molar-refractivity contribution >= 4 is 11.9 Å². The third-order valence-electron chi connectivity index (χ3n) is 2.96. The lowest BCUT2D eigenvalue weighted by atomic mass is 10.1. The first kappa shape index (κ1) is 9.49. The Hall–Kier alpha value is -1.06. The number of esters is 1. The molecule has 1 fully saturated rings. The summed E-state index contributed by atoms with van der Waals surface area (Å²) in [6.45, 7) is 3.96. The van der Waals surface area contributed by atoms with E-state index in [0.29, 0.717) is 0 Å². The topological polar surface area (TPSA) is 47.9 Å². The minimum Gasteiger partial charge on any atom is -0.475 e. The van der Waals surface area contributed by atoms with Gasteiger partial charge in [0.25, 0.3) is 0 Å². The number of ether oxygens (including phenoxy) is 2. The van der Waals surface area contributed by atoms with Gasteiger partial charge in [0.05, 0.1) is 7.11 Å². The predicted molar refractivity (Wildman–Crippen MR) is 51.1 cm³/mol. The van der Waals surface area contributed by atoms with Crippen molar-refractivity contribution in [3.63, 3.8) is 0 Å². The smallest absolute Gasteiger partial charge is 0.334 e. The van der Waals surface area contributed by atoms with Crippen LogP contribution in [0, 0.1) is 5.41 Å². The molecule has 4 heteroatoms. The Kier molecular flexibility index (Phi) is 2.01. The van der Waals surface area contributed by atoms with Crippen molar-refractivity contribution in [1.82, 2.24) is 0 Å². The number of methoxy groups -OCH3 is 1. The van der Waals surface area contributed by atoms with E-state index in [9.17, 15) is 4.79 Å². The Morgan fingerprint density at radius 3 is 2.79 bits per heavy atom. The Bertz CT molecular complexity index is 294. The number of aliphatic imine (C=N–C) groups is 1. The second-order valence-electron chi connectivity index (χ2n) is 4.29. The summed E-state index contributed by atoms with van der Waals surface area (Å²) in [5.41, 5.74) is 0.0943. The largest absolute Gasteiger partial charge is 0.475 e. The third-order valence-corrected chi connectivity index (χ3v) is 2.96. The first-order valence-electron chi connectivity index (χ1n) is 4.89. The van der Waals surface area contributed by atoms with Crippen LogP contribution in [0.2, 0.25) is 0 Å². The quantitative estimate of drug-likeness (QED) is 0.624. The van der Waals surface area contributed by atoms with Crippen LogP contribution in [0.3, 0.4) is 0 Å². The predicted octanol–water partition coefficient (Wildman–Crippen LogP) is 1.15. The van der Waals surface area contributed by atoms with Crippen LogP contribution in [0.1, 0.15) is 26.7 Å². The molecule has 1 heterocycles. The van der Waals surface area contributed by atoms with Crippen LogP contribution >= 0.6 is 0 Å². The molecule has 0 bridgehead atoms. The lowest BCUT2D eigenvalue weighted by Gasteiger charge is -2.11. The molecule has 4 nitrogen and oxygen atoms in total. The van der Waals surface area contributed by atoms with Gasteiger partial charge in [-0.2, -0.15) is 0 Å². The Morgan fingerprint density at radius 2 is 2.29 bits per heavy atom. The zero-order valence-electron chi connectivity index (χ0n) is 8.74. The Morgan fingerprint density at radius 1 is 1.64 bits per heavy atom. The molecule has 0 N–H and O–H groups in total. The summed E-state index contributed by atoms with van der Waals surface area (Å²) >= 11 is 0. The van der Waals surface area contributed by atoms with Crippen LogP contribution in [-0.2, 0) is 14.3 Å². The van der Waals surface area contributed by atoms with Crippen molar-refractivity contribution in [1.29, 1.82) is 0 Å². The number of hydrogen-bond donors (Lipinski definition) is 0. The number of hydrogen-bond acceptors (Lipinski definition) is 4. The maximum atomic E-state index is 11.3. The molecule has 0 aromatic carbocycles. The van der Waals surface area contributed by atoms with Crippen molar-refractivity contribution in [2.45, 2.75) is 38.8 Å². The zero-order chi connectivity index (χ0) is 10.3. The molecule has 0 amide bonds. The minimum atomic E-state index is -0.465. The molecule has 2 aliphatic rings. The molecule has 1 aliphatic carbocycles. The average molecular weight is 197 g/mol. The van der Waals surface area contributed by atoms with Crippen molar-refractivity contribution in [3.8, 4) is 0 Å². The van der Waals surface area contributed by atoms with E-state index < -0.39 is 6.04 Å². The minimum absolute atomic E-state index is 0.0943. The van der Waals surface area contributed by atoms with E-state index in [1.807, 2.05) is 6.92 Å². The van der Waals surface area contributed by atoms with E-state index in [2.05, 4.69) is 16.7 Å². The van der Waals surface area contributed by atoms with E-state index in [1.165, 1.54) is 7.11 Å². The first-order valence-corrected chi connectivity index (χ1v) is 4.89. The highest BCUT2D eigenvalue weighted by atomic mass is 16.5. The van der Waals surface area contributed by atoms with Crippen LogP contribution in [0.4, 0.5) is 0 Å². The molecule has 14 heavy (non-hydrogen) atoms. The van der Waals surface area contributed by atoms with Crippen molar-refractivity contribution in [3.05, 3.63) is 0 Å². The summed E-state index contributed by atoms with van der Waals surface area (Å²) in [6.07, 6.45) is 2.02. The van der Waals surface area contributed by atoms with Gasteiger partial charge in [0.1, 0.15) is 6.10 Å². The van der Waals surface area contributed by atoms with Crippen LogP contribution < -0.4 is 0 Å². The number of rotatable bonds is 2. The molecular weight excluding hydrogens is 182 g/mol. The highest BCUT2D eigenvalue weighted by molar-refractivity contribution is 5.91. The van der Waals surface area contributed by atoms with E-state index in [0.717, 1.165) is 18.7 Å². The van der Waals surface area contributed by atoms with Gasteiger partial charge in [0, 0.05) is 5.41 Å². The first-order chi connectivity index (χ1) is 6.57. The molecule has 0 saturated heterocycles. The van der Waals surface area contributed by atoms with Crippen LogP contribution in [0.15, 0.2) is 4.99 Å². The lowest BCUT2D eigenvalue weighted by Crippen LogP contribution is -2.28. The maximum Gasteiger partial charge on any atom is 0.334 e. The van der Waals surface area contributed by atoms with E-state index in [4.69, 9.17) is 4.74 Å². The molecule has 2 atom stereocenters. The summed E-state index contributed by atoms with van der Waals surface area (Å²) in [6, 6.07) is -0.465. The molecule has 78 valence electrons. The SMILES string of the molecule is COC(=O)C1N=C(C2(C)CC2)OC1C.